The Hall–Kier alpha value is -1.98. The molecule has 4 nitrogen and oxygen atoms in total. The summed E-state index contributed by atoms with van der Waals surface area (Å²) in [6.07, 6.45) is 1.84. The average molecular weight is 298 g/mol. The zero-order chi connectivity index (χ0) is 14.7. The van der Waals surface area contributed by atoms with Crippen molar-refractivity contribution in [3.8, 4) is 5.69 Å². The highest BCUT2D eigenvalue weighted by atomic mass is 32.1. The first-order valence-electron chi connectivity index (χ1n) is 7.03. The number of aryl methyl sites for hydroxylation is 1. The van der Waals surface area contributed by atoms with Crippen molar-refractivity contribution < 1.29 is 0 Å². The van der Waals surface area contributed by atoms with Crippen molar-refractivity contribution in [2.24, 2.45) is 0 Å². The fourth-order valence-corrected chi connectivity index (χ4v) is 3.33. The van der Waals surface area contributed by atoms with Gasteiger partial charge in [0.25, 0.3) is 0 Å². The van der Waals surface area contributed by atoms with Crippen LogP contribution in [0.25, 0.3) is 5.69 Å². The third-order valence-corrected chi connectivity index (χ3v) is 4.37. The van der Waals surface area contributed by atoms with Crippen LogP contribution >= 0.6 is 11.3 Å². The zero-order valence-corrected chi connectivity index (χ0v) is 13.0. The Morgan fingerprint density at radius 1 is 1.24 bits per heavy atom. The van der Waals surface area contributed by atoms with Crippen molar-refractivity contribution >= 4 is 11.3 Å². The van der Waals surface area contributed by atoms with E-state index in [2.05, 4.69) is 40.2 Å². The molecule has 5 heteroatoms. The van der Waals surface area contributed by atoms with Gasteiger partial charge in [0.05, 0.1) is 23.6 Å². The summed E-state index contributed by atoms with van der Waals surface area (Å²) >= 11 is 1.73. The molecule has 0 bridgehead atoms. The molecule has 0 amide bonds. The molecular weight excluding hydrogens is 280 g/mol. The number of hydrogen-bond donors (Lipinski definition) is 1. The van der Waals surface area contributed by atoms with E-state index in [9.17, 15) is 0 Å². The van der Waals surface area contributed by atoms with E-state index in [1.807, 2.05) is 41.2 Å². The molecule has 0 saturated heterocycles. The molecule has 108 valence electrons. The smallest absolute Gasteiger partial charge is 0.0861 e. The second-order valence-electron chi connectivity index (χ2n) is 4.91. The average Bonchev–Trinajstić information content (AvgIpc) is 3.15. The molecule has 1 aromatic carbocycles. The van der Waals surface area contributed by atoms with Crippen molar-refractivity contribution in [2.75, 3.05) is 6.54 Å². The van der Waals surface area contributed by atoms with E-state index in [4.69, 9.17) is 0 Å². The zero-order valence-electron chi connectivity index (χ0n) is 12.2. The van der Waals surface area contributed by atoms with Crippen LogP contribution in [-0.4, -0.2) is 21.5 Å². The molecule has 1 unspecified atom stereocenters. The fourth-order valence-electron chi connectivity index (χ4n) is 2.45. The molecule has 0 aliphatic carbocycles. The molecule has 0 saturated carbocycles. The van der Waals surface area contributed by atoms with Crippen LogP contribution in [0.2, 0.25) is 0 Å². The summed E-state index contributed by atoms with van der Waals surface area (Å²) in [5, 5.41) is 16.3. The summed E-state index contributed by atoms with van der Waals surface area (Å²) in [5.74, 6) is 0. The van der Waals surface area contributed by atoms with Crippen LogP contribution in [0.1, 0.15) is 29.8 Å². The van der Waals surface area contributed by atoms with Crippen LogP contribution < -0.4 is 5.32 Å². The number of nitrogens with zero attached hydrogens (tertiary/aromatic N) is 3. The van der Waals surface area contributed by atoms with Gasteiger partial charge < -0.3 is 5.32 Å². The Morgan fingerprint density at radius 3 is 2.71 bits per heavy atom. The van der Waals surface area contributed by atoms with Gasteiger partial charge in [0, 0.05) is 0 Å². The van der Waals surface area contributed by atoms with Gasteiger partial charge in [-0.05, 0) is 47.5 Å². The summed E-state index contributed by atoms with van der Waals surface area (Å²) in [6.45, 7) is 5.15. The summed E-state index contributed by atoms with van der Waals surface area (Å²) in [7, 11) is 0. The Bertz CT molecular complexity index is 702. The normalized spacial score (nSPS) is 12.5. The molecule has 0 radical (unpaired) electrons. The van der Waals surface area contributed by atoms with Gasteiger partial charge in [0.15, 0.2) is 0 Å². The second-order valence-corrected chi connectivity index (χ2v) is 5.65. The lowest BCUT2D eigenvalue weighted by molar-refractivity contribution is 0.591. The predicted molar refractivity (Wildman–Crippen MR) is 85.9 cm³/mol. The van der Waals surface area contributed by atoms with Gasteiger partial charge in [0.2, 0.25) is 0 Å². The predicted octanol–water partition coefficient (Wildman–Crippen LogP) is 3.34. The molecule has 2 aromatic heterocycles. The minimum Gasteiger partial charge on any atom is -0.305 e. The van der Waals surface area contributed by atoms with E-state index in [0.717, 1.165) is 17.9 Å². The highest BCUT2D eigenvalue weighted by molar-refractivity contribution is 7.08. The molecule has 1 atom stereocenters. The fraction of sp³-hybridized carbons (Fsp3) is 0.250. The third kappa shape index (κ3) is 2.75. The van der Waals surface area contributed by atoms with Crippen LogP contribution in [0.3, 0.4) is 0 Å². The largest absolute Gasteiger partial charge is 0.305 e. The van der Waals surface area contributed by atoms with Crippen LogP contribution in [0.5, 0.6) is 0 Å². The van der Waals surface area contributed by atoms with Gasteiger partial charge >= 0.3 is 0 Å². The lowest BCUT2D eigenvalue weighted by atomic mass is 10.0. The monoisotopic (exact) mass is 298 g/mol. The van der Waals surface area contributed by atoms with Gasteiger partial charge in [-0.2, -0.15) is 11.3 Å². The minimum atomic E-state index is 0.108. The summed E-state index contributed by atoms with van der Waals surface area (Å²) in [4.78, 5) is 0. The molecule has 0 fully saturated rings. The summed E-state index contributed by atoms with van der Waals surface area (Å²) in [5.41, 5.74) is 4.68. The van der Waals surface area contributed by atoms with E-state index in [1.54, 1.807) is 11.3 Å². The maximum Gasteiger partial charge on any atom is 0.0861 e. The van der Waals surface area contributed by atoms with E-state index >= 15 is 0 Å². The van der Waals surface area contributed by atoms with E-state index in [-0.39, 0.29) is 6.04 Å². The van der Waals surface area contributed by atoms with Gasteiger partial charge in [-0.3, -0.25) is 0 Å². The van der Waals surface area contributed by atoms with E-state index in [0.29, 0.717) is 0 Å². The molecule has 0 spiro atoms. The molecule has 3 rings (SSSR count). The van der Waals surface area contributed by atoms with Crippen molar-refractivity contribution in [1.29, 1.82) is 0 Å². The molecule has 21 heavy (non-hydrogen) atoms. The SMILES string of the molecule is CCNC(c1cscc1C)c1cnnn1-c1ccccc1. The lowest BCUT2D eigenvalue weighted by Gasteiger charge is -2.19. The highest BCUT2D eigenvalue weighted by Gasteiger charge is 2.21. The van der Waals surface area contributed by atoms with Gasteiger partial charge in [0.1, 0.15) is 0 Å². The van der Waals surface area contributed by atoms with Crippen LogP contribution in [0, 0.1) is 6.92 Å². The van der Waals surface area contributed by atoms with Gasteiger partial charge in [-0.15, -0.1) is 5.10 Å². The van der Waals surface area contributed by atoms with Crippen molar-refractivity contribution in [1.82, 2.24) is 20.3 Å². The van der Waals surface area contributed by atoms with Crippen molar-refractivity contribution in [3.05, 3.63) is 64.1 Å². The number of benzene rings is 1. The summed E-state index contributed by atoms with van der Waals surface area (Å²) < 4.78 is 1.91. The number of thiophene rings is 1. The Balaban J connectivity index is 2.06. The Labute approximate surface area is 128 Å². The molecule has 1 N–H and O–H groups in total. The first kappa shape index (κ1) is 14.0. The highest BCUT2D eigenvalue weighted by Crippen LogP contribution is 2.28. The summed E-state index contributed by atoms with van der Waals surface area (Å²) in [6, 6.07) is 10.2. The quantitative estimate of drug-likeness (QED) is 0.785. The lowest BCUT2D eigenvalue weighted by Crippen LogP contribution is -2.24. The molecule has 0 aliphatic rings. The molecule has 2 heterocycles. The van der Waals surface area contributed by atoms with Gasteiger partial charge in [-0.1, -0.05) is 30.3 Å². The van der Waals surface area contributed by atoms with E-state index < -0.39 is 0 Å². The Morgan fingerprint density at radius 2 is 2.05 bits per heavy atom. The van der Waals surface area contributed by atoms with E-state index in [1.165, 1.54) is 11.1 Å². The minimum absolute atomic E-state index is 0.108. The van der Waals surface area contributed by atoms with Crippen LogP contribution in [0.15, 0.2) is 47.3 Å². The maximum atomic E-state index is 4.26. The number of rotatable bonds is 5. The number of aromatic nitrogens is 3. The van der Waals surface area contributed by atoms with Crippen LogP contribution in [-0.2, 0) is 0 Å². The molecule has 3 aromatic rings. The standard InChI is InChI=1S/C16H18N4S/c1-3-17-16(14-11-21-10-12(14)2)15-9-18-19-20(15)13-7-5-4-6-8-13/h4-11,16-17H,3H2,1-2H3. The topological polar surface area (TPSA) is 42.7 Å². The number of nitrogens with one attached hydrogen (secondary N) is 1. The molecular formula is C16H18N4S. The third-order valence-electron chi connectivity index (χ3n) is 3.49. The van der Waals surface area contributed by atoms with Gasteiger partial charge in [-0.25, -0.2) is 4.68 Å². The van der Waals surface area contributed by atoms with Crippen molar-refractivity contribution in [3.63, 3.8) is 0 Å². The first-order valence-corrected chi connectivity index (χ1v) is 7.97. The van der Waals surface area contributed by atoms with Crippen LogP contribution in [0.4, 0.5) is 0 Å². The number of para-hydroxylation sites is 1. The Kier molecular flexibility index (Phi) is 4.13. The maximum absolute atomic E-state index is 4.26. The molecule has 0 aliphatic heterocycles. The first-order chi connectivity index (χ1) is 10.3. The number of hydrogen-bond acceptors (Lipinski definition) is 4. The second kappa shape index (κ2) is 6.20. The van der Waals surface area contributed by atoms with Crippen molar-refractivity contribution in [2.45, 2.75) is 19.9 Å².